The number of hydrogen-bond donors (Lipinski definition) is 0. The average Bonchev–Trinajstić information content (AvgIpc) is 3.59. The van der Waals surface area contributed by atoms with Crippen molar-refractivity contribution in [2.75, 3.05) is 0 Å². The fourth-order valence-electron chi connectivity index (χ4n) is 3.92. The maximum absolute atomic E-state index is 11.5. The van der Waals surface area contributed by atoms with Gasteiger partial charge in [0.25, 0.3) is 0 Å². The number of fused-ring (bicyclic) bond motifs is 2. The number of esters is 1. The first kappa shape index (κ1) is 32.3. The number of halogens is 2. The Morgan fingerprint density at radius 2 is 1.68 bits per heavy atom. The van der Waals surface area contributed by atoms with Crippen LogP contribution < -0.4 is 12.4 Å². The molecule has 0 radical (unpaired) electrons. The molecule has 7 heteroatoms. The van der Waals surface area contributed by atoms with Gasteiger partial charge in [-0.05, 0) is 75.5 Å². The van der Waals surface area contributed by atoms with Gasteiger partial charge in [-0.2, -0.15) is 0 Å². The Kier molecular flexibility index (Phi) is 14.9. The van der Waals surface area contributed by atoms with Crippen molar-refractivity contribution < 1.29 is 31.5 Å². The first-order chi connectivity index (χ1) is 13.6. The predicted octanol–water partition coefficient (Wildman–Crippen LogP) is 2.00. The molecule has 4 saturated carbocycles. The van der Waals surface area contributed by atoms with Crippen molar-refractivity contribution in [2.24, 2.45) is 23.7 Å². The zero-order valence-electron chi connectivity index (χ0n) is 18.6. The summed E-state index contributed by atoms with van der Waals surface area (Å²) in [5.41, 5.74) is 0.479. The van der Waals surface area contributed by atoms with Gasteiger partial charge in [0, 0.05) is 29.4 Å². The van der Waals surface area contributed by atoms with Crippen LogP contribution in [0, 0.1) is 30.3 Å². The summed E-state index contributed by atoms with van der Waals surface area (Å²) in [5, 5.41) is -0.463. The van der Waals surface area contributed by atoms with Crippen LogP contribution in [0.4, 0.5) is 0 Å². The summed E-state index contributed by atoms with van der Waals surface area (Å²) in [6.07, 6.45) is 8.41. The topological polar surface area (TPSA) is 60.4 Å². The van der Waals surface area contributed by atoms with E-state index < -0.39 is 5.24 Å². The van der Waals surface area contributed by atoms with Gasteiger partial charge in [0.1, 0.15) is 11.4 Å². The summed E-state index contributed by atoms with van der Waals surface area (Å²) in [5.74, 6) is 2.93. The number of Topliss-reactive ketones (excluding diaryl/α,β-unsaturated/α-hetero) is 1. The van der Waals surface area contributed by atoms with Crippen molar-refractivity contribution in [3.05, 3.63) is 50.1 Å². The molecule has 0 bridgehead atoms. The van der Waals surface area contributed by atoms with E-state index in [2.05, 4.69) is 32.9 Å². The molecule has 0 aromatic heterocycles. The third-order valence-corrected chi connectivity index (χ3v) is 6.19. The minimum absolute atomic E-state index is 0. The number of allylic oxidation sites excluding steroid dienone is 1. The predicted molar refractivity (Wildman–Crippen MR) is 122 cm³/mol. The van der Waals surface area contributed by atoms with Gasteiger partial charge in [-0.25, -0.2) is 4.79 Å². The molecule has 31 heavy (non-hydrogen) atoms. The quantitative estimate of drug-likeness (QED) is 0.155. The van der Waals surface area contributed by atoms with Crippen molar-refractivity contribution in [3.63, 3.8) is 0 Å². The van der Waals surface area contributed by atoms with Crippen molar-refractivity contribution >= 4 is 51.6 Å². The summed E-state index contributed by atoms with van der Waals surface area (Å²) in [7, 11) is 0. The van der Waals surface area contributed by atoms with Crippen molar-refractivity contribution in [1.29, 1.82) is 0 Å². The van der Waals surface area contributed by atoms with E-state index in [9.17, 15) is 14.4 Å². The Bertz CT molecular complexity index is 694. The molecule has 0 aromatic carbocycles. The molecule has 0 spiro atoms. The molecule has 0 aromatic rings. The van der Waals surface area contributed by atoms with Crippen molar-refractivity contribution in [2.45, 2.75) is 58.0 Å². The van der Waals surface area contributed by atoms with Gasteiger partial charge in [-0.1, -0.05) is 19.7 Å². The second kappa shape index (κ2) is 14.3. The Labute approximate surface area is 214 Å². The van der Waals surface area contributed by atoms with Gasteiger partial charge in [0.2, 0.25) is 5.24 Å². The van der Waals surface area contributed by atoms with E-state index in [1.54, 1.807) is 13.8 Å². The minimum Gasteiger partial charge on any atom is -1.00 e. The van der Waals surface area contributed by atoms with Gasteiger partial charge >= 0.3 is 29.0 Å². The molecule has 4 aliphatic carbocycles. The van der Waals surface area contributed by atoms with Gasteiger partial charge in [-0.15, -0.1) is 0 Å². The Morgan fingerprint density at radius 3 is 1.87 bits per heavy atom. The number of ether oxygens (including phenoxy) is 1. The molecule has 4 nitrogen and oxygen atoms in total. The zero-order chi connectivity index (χ0) is 22.4. The summed E-state index contributed by atoms with van der Waals surface area (Å²) in [6.45, 7) is 20.9. The normalized spacial score (nSPS) is 29.6. The maximum atomic E-state index is 11.5. The number of carbonyl (C=O) groups excluding carboxylic acids is 3. The number of carbonyl (C=O) groups is 3. The van der Waals surface area contributed by atoms with Crippen LogP contribution in [0.25, 0.3) is 0 Å². The average molecular weight is 480 g/mol. The molecule has 0 heterocycles. The number of rotatable bonds is 4. The van der Waals surface area contributed by atoms with Crippen LogP contribution in [0.3, 0.4) is 0 Å². The molecule has 0 aliphatic heterocycles. The third-order valence-electron chi connectivity index (χ3n) is 5.87. The van der Waals surface area contributed by atoms with Crippen LogP contribution in [-0.4, -0.2) is 45.6 Å². The molecule has 4 aliphatic rings. The van der Waals surface area contributed by atoms with Gasteiger partial charge in [0.15, 0.2) is 0 Å². The molecule has 4 fully saturated rings. The van der Waals surface area contributed by atoms with E-state index in [0.29, 0.717) is 28.8 Å². The fourth-order valence-corrected chi connectivity index (χ4v) is 3.92. The van der Waals surface area contributed by atoms with E-state index >= 15 is 0 Å². The van der Waals surface area contributed by atoms with Gasteiger partial charge in [0.05, 0.1) is 0 Å². The Balaban J connectivity index is 0. The Morgan fingerprint density at radius 1 is 1.13 bits per heavy atom. The van der Waals surface area contributed by atoms with E-state index in [1.165, 1.54) is 25.7 Å². The summed E-state index contributed by atoms with van der Waals surface area (Å²) in [6, 6.07) is 0. The molecular formula is C24H32Cl2MgO4. The molecule has 0 N–H and O–H groups in total. The number of hydrogen-bond acceptors (Lipinski definition) is 4. The van der Waals surface area contributed by atoms with E-state index in [1.807, 2.05) is 6.08 Å². The maximum Gasteiger partial charge on any atom is 2.00 e. The SMILES string of the molecule is C=C(C)C(=O)Cl.C=CC1(OC(=O)C(=C)C)CCC2CC21.O=C1CCC2CC12.[CH-]=C.[Cl-].[Mg+2]. The molecule has 0 saturated heterocycles. The molecule has 4 rings (SSSR count). The summed E-state index contributed by atoms with van der Waals surface area (Å²) < 4.78 is 5.51. The molecular weight excluding hydrogens is 447 g/mol. The largest absolute Gasteiger partial charge is 2.00 e. The first-order valence-corrected chi connectivity index (χ1v) is 10.3. The van der Waals surface area contributed by atoms with Crippen LogP contribution in [0.2, 0.25) is 0 Å². The van der Waals surface area contributed by atoms with Crippen LogP contribution in [0.1, 0.15) is 52.4 Å². The summed E-state index contributed by atoms with van der Waals surface area (Å²) >= 11 is 4.87. The van der Waals surface area contributed by atoms with Gasteiger partial charge in [-0.3, -0.25) is 16.2 Å². The third kappa shape index (κ3) is 9.25. The zero-order valence-corrected chi connectivity index (χ0v) is 21.6. The van der Waals surface area contributed by atoms with Crippen LogP contribution >= 0.6 is 11.6 Å². The van der Waals surface area contributed by atoms with Crippen molar-refractivity contribution in [3.8, 4) is 0 Å². The molecule has 5 atom stereocenters. The second-order valence-corrected chi connectivity index (χ2v) is 8.47. The first-order valence-electron chi connectivity index (χ1n) is 9.92. The van der Waals surface area contributed by atoms with Crippen LogP contribution in [0.15, 0.2) is 43.5 Å². The van der Waals surface area contributed by atoms with E-state index in [0.717, 1.165) is 24.7 Å². The van der Waals surface area contributed by atoms with E-state index in [4.69, 9.17) is 16.3 Å². The van der Waals surface area contributed by atoms with E-state index in [-0.39, 0.29) is 47.0 Å². The standard InChI is InChI=1S/C12H16O2.C6H8O.C4H5ClO.C2H3.ClH.Mg/c1-4-12(14-11(13)8(2)3)6-5-9-7-10(9)12;7-6-2-1-4-3-5(4)6;1-3(2)4(5)6;1-2;;/h4,9-10H,1-2,5-7H2,3H3;4-5H,1-3H2;1H2,2H3;1H,2H2;1H;/q;;;-1;;+2/p-1. The van der Waals surface area contributed by atoms with Crippen molar-refractivity contribution in [1.82, 2.24) is 0 Å². The fraction of sp³-hybridized carbons (Fsp3) is 0.542. The molecule has 0 amide bonds. The molecule has 5 unspecified atom stereocenters. The van der Waals surface area contributed by atoms with Crippen LogP contribution in [-0.2, 0) is 19.1 Å². The van der Waals surface area contributed by atoms with Crippen LogP contribution in [0.5, 0.6) is 0 Å². The minimum atomic E-state index is -0.463. The second-order valence-electron chi connectivity index (χ2n) is 8.13. The Hall–Kier alpha value is -0.884. The number of ketones is 1. The van der Waals surface area contributed by atoms with Gasteiger partial charge < -0.3 is 23.7 Å². The summed E-state index contributed by atoms with van der Waals surface area (Å²) in [4.78, 5) is 31.9. The smallest absolute Gasteiger partial charge is 1.00 e. The molecule has 168 valence electrons. The monoisotopic (exact) mass is 478 g/mol.